The Morgan fingerprint density at radius 2 is 2.00 bits per heavy atom. The highest BCUT2D eigenvalue weighted by molar-refractivity contribution is 7.91. The van der Waals surface area contributed by atoms with Gasteiger partial charge in [-0.05, 0) is 35.6 Å². The van der Waals surface area contributed by atoms with Crippen molar-refractivity contribution in [2.24, 2.45) is 0 Å². The summed E-state index contributed by atoms with van der Waals surface area (Å²) in [4.78, 5) is 0.447. The summed E-state index contributed by atoms with van der Waals surface area (Å²) in [5.74, 6) is 0.231. The molecule has 0 amide bonds. The zero-order valence-electron chi connectivity index (χ0n) is 8.75. The second-order valence-electron chi connectivity index (χ2n) is 4.59. The van der Waals surface area contributed by atoms with Crippen LogP contribution in [-0.4, -0.2) is 14.2 Å². The molecule has 0 N–H and O–H groups in total. The maximum atomic E-state index is 11.8. The molecule has 0 unspecified atom stereocenters. The summed E-state index contributed by atoms with van der Waals surface area (Å²) in [6.45, 7) is 4.10. The van der Waals surface area contributed by atoms with Gasteiger partial charge in [0.2, 0.25) is 0 Å². The van der Waals surface area contributed by atoms with E-state index in [0.717, 1.165) is 5.56 Å². The minimum absolute atomic E-state index is 0.106. The molecule has 1 heterocycles. The Balaban J connectivity index is 2.76. The molecule has 0 radical (unpaired) electrons. The average Bonchev–Trinajstić information content (AvgIpc) is 2.13. The maximum Gasteiger partial charge on any atom is 0.178 e. The predicted molar refractivity (Wildman–Crippen MR) is 61.1 cm³/mol. The number of fused-ring (bicyclic) bond motifs is 1. The summed E-state index contributed by atoms with van der Waals surface area (Å²) in [5.41, 5.74) is 0.743. The summed E-state index contributed by atoms with van der Waals surface area (Å²) >= 11 is 5.90. The van der Waals surface area contributed by atoms with Crippen LogP contribution in [0.2, 0.25) is 5.02 Å². The van der Waals surface area contributed by atoms with Gasteiger partial charge in [-0.1, -0.05) is 25.4 Å². The molecule has 0 fully saturated rings. The highest BCUT2D eigenvalue weighted by atomic mass is 35.5. The molecule has 0 spiro atoms. The summed E-state index contributed by atoms with van der Waals surface area (Å²) < 4.78 is 23.7. The van der Waals surface area contributed by atoms with E-state index in [2.05, 4.69) is 13.8 Å². The summed E-state index contributed by atoms with van der Waals surface area (Å²) in [7, 11) is -3.09. The molecule has 0 saturated heterocycles. The molecule has 15 heavy (non-hydrogen) atoms. The number of benzene rings is 1. The number of rotatable bonds is 0. The van der Waals surface area contributed by atoms with E-state index in [0.29, 0.717) is 16.3 Å². The van der Waals surface area contributed by atoms with E-state index in [-0.39, 0.29) is 11.2 Å². The quantitative estimate of drug-likeness (QED) is 0.703. The topological polar surface area (TPSA) is 34.1 Å². The first-order valence-corrected chi connectivity index (χ1v) is 6.89. The second-order valence-corrected chi connectivity index (χ2v) is 7.11. The van der Waals surface area contributed by atoms with Gasteiger partial charge in [-0.3, -0.25) is 0 Å². The van der Waals surface area contributed by atoms with Gasteiger partial charge in [0.25, 0.3) is 0 Å². The third kappa shape index (κ3) is 1.79. The van der Waals surface area contributed by atoms with Crippen LogP contribution in [0.5, 0.6) is 0 Å². The van der Waals surface area contributed by atoms with E-state index >= 15 is 0 Å². The number of halogens is 1. The first-order chi connectivity index (χ1) is 6.83. The van der Waals surface area contributed by atoms with Crippen molar-refractivity contribution in [2.75, 3.05) is 5.75 Å². The van der Waals surface area contributed by atoms with Crippen molar-refractivity contribution in [2.45, 2.75) is 30.6 Å². The Labute approximate surface area is 95.2 Å². The molecule has 1 aliphatic heterocycles. The van der Waals surface area contributed by atoms with Crippen LogP contribution in [-0.2, 0) is 15.3 Å². The van der Waals surface area contributed by atoms with Crippen LogP contribution in [0.3, 0.4) is 0 Å². The lowest BCUT2D eigenvalue weighted by Gasteiger charge is -2.32. The molecular weight excluding hydrogens is 232 g/mol. The number of hydrogen-bond donors (Lipinski definition) is 0. The fraction of sp³-hybridized carbons (Fsp3) is 0.455. The molecule has 1 aliphatic rings. The second kappa shape index (κ2) is 3.22. The van der Waals surface area contributed by atoms with Gasteiger partial charge in [-0.15, -0.1) is 0 Å². The normalized spacial score (nSPS) is 22.1. The van der Waals surface area contributed by atoms with Crippen molar-refractivity contribution in [3.8, 4) is 0 Å². The Kier molecular flexibility index (Phi) is 2.36. The number of hydrogen-bond acceptors (Lipinski definition) is 2. The molecule has 0 bridgehead atoms. The minimum atomic E-state index is -3.09. The van der Waals surface area contributed by atoms with Gasteiger partial charge in [0.1, 0.15) is 0 Å². The Morgan fingerprint density at radius 1 is 1.33 bits per heavy atom. The van der Waals surface area contributed by atoms with Crippen LogP contribution in [0.25, 0.3) is 0 Å². The molecule has 2 rings (SSSR count). The van der Waals surface area contributed by atoms with Gasteiger partial charge in [-0.2, -0.15) is 0 Å². The van der Waals surface area contributed by atoms with E-state index in [1.807, 2.05) is 0 Å². The fourth-order valence-corrected chi connectivity index (χ4v) is 4.05. The van der Waals surface area contributed by atoms with Crippen molar-refractivity contribution in [1.29, 1.82) is 0 Å². The molecule has 1 aromatic carbocycles. The van der Waals surface area contributed by atoms with E-state index in [4.69, 9.17) is 11.6 Å². The van der Waals surface area contributed by atoms with Gasteiger partial charge >= 0.3 is 0 Å². The zero-order valence-corrected chi connectivity index (χ0v) is 10.3. The van der Waals surface area contributed by atoms with Crippen LogP contribution in [0.15, 0.2) is 23.1 Å². The standard InChI is InChI=1S/C11H13ClO2S/c1-11(2)5-6-15(13,14)10-4-3-8(12)7-9(10)11/h3-4,7H,5-6H2,1-2H3. The Hall–Kier alpha value is -0.540. The zero-order chi connectivity index (χ0) is 11.3. The van der Waals surface area contributed by atoms with Crippen LogP contribution >= 0.6 is 11.6 Å². The fourth-order valence-electron chi connectivity index (χ4n) is 1.94. The lowest BCUT2D eigenvalue weighted by molar-refractivity contribution is 0.473. The average molecular weight is 245 g/mol. The van der Waals surface area contributed by atoms with Gasteiger partial charge in [0.05, 0.1) is 10.6 Å². The van der Waals surface area contributed by atoms with Gasteiger partial charge in [0.15, 0.2) is 9.84 Å². The molecule has 1 aromatic rings. The predicted octanol–water partition coefficient (Wildman–Crippen LogP) is 2.80. The number of sulfone groups is 1. The third-order valence-electron chi connectivity index (χ3n) is 3.00. The van der Waals surface area contributed by atoms with Crippen molar-refractivity contribution >= 4 is 21.4 Å². The summed E-state index contributed by atoms with van der Waals surface area (Å²) in [6.07, 6.45) is 0.655. The molecule has 82 valence electrons. The molecule has 0 aromatic heterocycles. The monoisotopic (exact) mass is 244 g/mol. The highest BCUT2D eigenvalue weighted by Gasteiger charge is 2.35. The molecule has 2 nitrogen and oxygen atoms in total. The van der Waals surface area contributed by atoms with Gasteiger partial charge < -0.3 is 0 Å². The highest BCUT2D eigenvalue weighted by Crippen LogP contribution is 2.39. The largest absolute Gasteiger partial charge is 0.224 e. The summed E-state index contributed by atoms with van der Waals surface area (Å²) in [5, 5.41) is 0.596. The van der Waals surface area contributed by atoms with Crippen molar-refractivity contribution in [1.82, 2.24) is 0 Å². The van der Waals surface area contributed by atoms with Crippen molar-refractivity contribution in [3.05, 3.63) is 28.8 Å². The third-order valence-corrected chi connectivity index (χ3v) is 5.00. The van der Waals surface area contributed by atoms with Crippen LogP contribution < -0.4 is 0 Å². The van der Waals surface area contributed by atoms with E-state index in [9.17, 15) is 8.42 Å². The van der Waals surface area contributed by atoms with Crippen molar-refractivity contribution in [3.63, 3.8) is 0 Å². The molecule has 0 atom stereocenters. The molecular formula is C11H13ClO2S. The van der Waals surface area contributed by atoms with Crippen LogP contribution in [0.1, 0.15) is 25.8 Å². The first kappa shape index (κ1) is 11.0. The SMILES string of the molecule is CC1(C)CCS(=O)(=O)c2ccc(Cl)cc21. The lowest BCUT2D eigenvalue weighted by atomic mass is 9.82. The van der Waals surface area contributed by atoms with Crippen LogP contribution in [0, 0.1) is 0 Å². The van der Waals surface area contributed by atoms with Gasteiger partial charge in [0, 0.05) is 5.02 Å². The van der Waals surface area contributed by atoms with E-state index < -0.39 is 9.84 Å². The van der Waals surface area contributed by atoms with Crippen molar-refractivity contribution < 1.29 is 8.42 Å². The maximum absolute atomic E-state index is 11.8. The van der Waals surface area contributed by atoms with Crippen LogP contribution in [0.4, 0.5) is 0 Å². The molecule has 4 heteroatoms. The Bertz CT molecular complexity index is 503. The molecule has 0 aliphatic carbocycles. The smallest absolute Gasteiger partial charge is 0.178 e. The van der Waals surface area contributed by atoms with E-state index in [1.165, 1.54) is 0 Å². The summed E-state index contributed by atoms with van der Waals surface area (Å²) in [6, 6.07) is 5.03. The molecule has 0 saturated carbocycles. The Morgan fingerprint density at radius 3 is 2.67 bits per heavy atom. The minimum Gasteiger partial charge on any atom is -0.224 e. The first-order valence-electron chi connectivity index (χ1n) is 4.86. The van der Waals surface area contributed by atoms with E-state index in [1.54, 1.807) is 18.2 Å². The lowest BCUT2D eigenvalue weighted by Crippen LogP contribution is -2.30. The van der Waals surface area contributed by atoms with Gasteiger partial charge in [-0.25, -0.2) is 8.42 Å².